The van der Waals surface area contributed by atoms with Crippen LogP contribution in [0.1, 0.15) is 45.3 Å². The van der Waals surface area contributed by atoms with Crippen LogP contribution >= 0.6 is 0 Å². The van der Waals surface area contributed by atoms with Gasteiger partial charge in [-0.05, 0) is 43.2 Å². The van der Waals surface area contributed by atoms with Gasteiger partial charge in [0, 0.05) is 18.8 Å². The molecule has 1 aliphatic rings. The van der Waals surface area contributed by atoms with E-state index in [1.807, 2.05) is 12.1 Å². The summed E-state index contributed by atoms with van der Waals surface area (Å²) in [5.74, 6) is 3.14. The molecule has 17 heavy (non-hydrogen) atoms. The first-order chi connectivity index (χ1) is 8.16. The average Bonchev–Trinajstić information content (AvgIpc) is 2.82. The maximum Gasteiger partial charge on any atom is 0.136 e. The quantitative estimate of drug-likeness (QED) is 0.792. The van der Waals surface area contributed by atoms with Crippen LogP contribution in [0.3, 0.4) is 0 Å². The first-order valence-electron chi connectivity index (χ1n) is 6.72. The van der Waals surface area contributed by atoms with Crippen molar-refractivity contribution in [1.82, 2.24) is 0 Å². The molecule has 1 aromatic rings. The Morgan fingerprint density at radius 3 is 2.82 bits per heavy atom. The van der Waals surface area contributed by atoms with Gasteiger partial charge in [0.25, 0.3) is 0 Å². The highest BCUT2D eigenvalue weighted by atomic mass is 16.3. The van der Waals surface area contributed by atoms with Crippen molar-refractivity contribution in [3.8, 4) is 0 Å². The topological polar surface area (TPSA) is 30.2 Å². The van der Waals surface area contributed by atoms with Gasteiger partial charge in [-0.2, -0.15) is 0 Å². The Kier molecular flexibility index (Phi) is 4.03. The normalized spacial score (nSPS) is 29.2. The van der Waals surface area contributed by atoms with E-state index < -0.39 is 0 Å². The van der Waals surface area contributed by atoms with E-state index in [-0.39, 0.29) is 0 Å². The molecule has 1 aromatic heterocycles. The van der Waals surface area contributed by atoms with Crippen molar-refractivity contribution in [3.05, 3.63) is 24.2 Å². The number of Topliss-reactive ketones (excluding diaryl/α,β-unsaturated/α-hetero) is 1. The third kappa shape index (κ3) is 3.21. The van der Waals surface area contributed by atoms with Gasteiger partial charge in [0.2, 0.25) is 0 Å². The van der Waals surface area contributed by atoms with Crippen molar-refractivity contribution in [2.45, 2.75) is 46.0 Å². The van der Waals surface area contributed by atoms with Crippen LogP contribution < -0.4 is 0 Å². The number of carbonyl (C=O) groups excluding carboxylic acids is 1. The number of hydrogen-bond donors (Lipinski definition) is 0. The van der Waals surface area contributed by atoms with Crippen molar-refractivity contribution in [2.75, 3.05) is 0 Å². The van der Waals surface area contributed by atoms with Gasteiger partial charge in [0.05, 0.1) is 6.26 Å². The lowest BCUT2D eigenvalue weighted by Gasteiger charge is -2.31. The Morgan fingerprint density at radius 1 is 1.35 bits per heavy atom. The molecule has 1 heterocycles. The van der Waals surface area contributed by atoms with Crippen molar-refractivity contribution in [2.24, 2.45) is 17.8 Å². The second kappa shape index (κ2) is 5.52. The van der Waals surface area contributed by atoms with Crippen LogP contribution in [0.2, 0.25) is 0 Å². The summed E-state index contributed by atoms with van der Waals surface area (Å²) >= 11 is 0. The molecular formula is C15H22O2. The van der Waals surface area contributed by atoms with Gasteiger partial charge < -0.3 is 4.42 Å². The Labute approximate surface area is 103 Å². The fourth-order valence-corrected chi connectivity index (χ4v) is 2.75. The standard InChI is InChI=1S/C15H22O2/c1-11-5-6-13(10-12(11)2)15(16)8-7-14-4-3-9-17-14/h3-4,9,11-13H,5-8,10H2,1-2H3. The monoisotopic (exact) mass is 234 g/mol. The van der Waals surface area contributed by atoms with Gasteiger partial charge in [0.1, 0.15) is 11.5 Å². The van der Waals surface area contributed by atoms with Crippen LogP contribution in [0.5, 0.6) is 0 Å². The summed E-state index contributed by atoms with van der Waals surface area (Å²) in [5, 5.41) is 0. The van der Waals surface area contributed by atoms with E-state index >= 15 is 0 Å². The van der Waals surface area contributed by atoms with E-state index in [4.69, 9.17) is 4.42 Å². The molecule has 2 heteroatoms. The van der Waals surface area contributed by atoms with Crippen LogP contribution in [-0.4, -0.2) is 5.78 Å². The van der Waals surface area contributed by atoms with E-state index in [0.717, 1.165) is 30.9 Å². The highest BCUT2D eigenvalue weighted by Gasteiger charge is 2.28. The van der Waals surface area contributed by atoms with Crippen LogP contribution in [-0.2, 0) is 11.2 Å². The molecule has 1 saturated carbocycles. The van der Waals surface area contributed by atoms with Crippen molar-refractivity contribution in [3.63, 3.8) is 0 Å². The largest absolute Gasteiger partial charge is 0.469 e. The lowest BCUT2D eigenvalue weighted by molar-refractivity contribution is -0.124. The summed E-state index contributed by atoms with van der Waals surface area (Å²) in [5.41, 5.74) is 0. The van der Waals surface area contributed by atoms with Gasteiger partial charge in [0.15, 0.2) is 0 Å². The molecular weight excluding hydrogens is 212 g/mol. The second-order valence-corrected chi connectivity index (χ2v) is 5.51. The van der Waals surface area contributed by atoms with E-state index in [9.17, 15) is 4.79 Å². The van der Waals surface area contributed by atoms with E-state index in [1.54, 1.807) is 6.26 Å². The van der Waals surface area contributed by atoms with Crippen molar-refractivity contribution < 1.29 is 9.21 Å². The van der Waals surface area contributed by atoms with E-state index in [0.29, 0.717) is 24.0 Å². The maximum atomic E-state index is 12.1. The predicted molar refractivity (Wildman–Crippen MR) is 67.7 cm³/mol. The average molecular weight is 234 g/mol. The number of furan rings is 1. The van der Waals surface area contributed by atoms with Crippen LogP contribution in [0.15, 0.2) is 22.8 Å². The Balaban J connectivity index is 1.80. The molecule has 0 saturated heterocycles. The summed E-state index contributed by atoms with van der Waals surface area (Å²) in [6, 6.07) is 3.82. The lowest BCUT2D eigenvalue weighted by Crippen LogP contribution is -2.26. The highest BCUT2D eigenvalue weighted by molar-refractivity contribution is 5.81. The molecule has 2 nitrogen and oxygen atoms in total. The lowest BCUT2D eigenvalue weighted by atomic mass is 9.74. The number of rotatable bonds is 4. The zero-order valence-corrected chi connectivity index (χ0v) is 10.8. The molecule has 1 fully saturated rings. The first-order valence-corrected chi connectivity index (χ1v) is 6.72. The molecule has 3 unspecified atom stereocenters. The Morgan fingerprint density at radius 2 is 2.18 bits per heavy atom. The first kappa shape index (κ1) is 12.4. The van der Waals surface area contributed by atoms with Gasteiger partial charge in [-0.1, -0.05) is 13.8 Å². The Hall–Kier alpha value is -1.05. The molecule has 0 spiro atoms. The molecule has 2 rings (SSSR count). The summed E-state index contributed by atoms with van der Waals surface area (Å²) in [7, 11) is 0. The SMILES string of the molecule is CC1CCC(C(=O)CCc2ccco2)CC1C. The third-order valence-corrected chi connectivity index (χ3v) is 4.25. The summed E-state index contributed by atoms with van der Waals surface area (Å²) in [4.78, 5) is 12.1. The predicted octanol–water partition coefficient (Wildman–Crippen LogP) is 3.85. The number of hydrogen-bond acceptors (Lipinski definition) is 2. The minimum Gasteiger partial charge on any atom is -0.469 e. The molecule has 1 aliphatic carbocycles. The van der Waals surface area contributed by atoms with E-state index in [2.05, 4.69) is 13.8 Å². The third-order valence-electron chi connectivity index (χ3n) is 4.25. The van der Waals surface area contributed by atoms with Crippen molar-refractivity contribution >= 4 is 5.78 Å². The van der Waals surface area contributed by atoms with Crippen molar-refractivity contribution in [1.29, 1.82) is 0 Å². The molecule has 94 valence electrons. The fourth-order valence-electron chi connectivity index (χ4n) is 2.75. The van der Waals surface area contributed by atoms with Crippen LogP contribution in [0.25, 0.3) is 0 Å². The molecule has 0 bridgehead atoms. The molecule has 0 aromatic carbocycles. The second-order valence-electron chi connectivity index (χ2n) is 5.51. The summed E-state index contributed by atoms with van der Waals surface area (Å²) in [6.07, 6.45) is 6.44. The number of aryl methyl sites for hydroxylation is 1. The van der Waals surface area contributed by atoms with Crippen LogP contribution in [0, 0.1) is 17.8 Å². The minimum absolute atomic E-state index is 0.302. The summed E-state index contributed by atoms with van der Waals surface area (Å²) < 4.78 is 5.26. The van der Waals surface area contributed by atoms with E-state index in [1.165, 1.54) is 6.42 Å². The zero-order valence-electron chi connectivity index (χ0n) is 10.8. The van der Waals surface area contributed by atoms with Gasteiger partial charge in [-0.25, -0.2) is 0 Å². The zero-order chi connectivity index (χ0) is 12.3. The molecule has 0 N–H and O–H groups in total. The Bertz CT molecular complexity index is 353. The minimum atomic E-state index is 0.302. The summed E-state index contributed by atoms with van der Waals surface area (Å²) in [6.45, 7) is 4.57. The molecule has 0 amide bonds. The molecule has 0 aliphatic heterocycles. The van der Waals surface area contributed by atoms with Gasteiger partial charge in [-0.15, -0.1) is 0 Å². The number of ketones is 1. The maximum absolute atomic E-state index is 12.1. The van der Waals surface area contributed by atoms with Crippen LogP contribution in [0.4, 0.5) is 0 Å². The molecule has 0 radical (unpaired) electrons. The number of carbonyl (C=O) groups is 1. The molecule has 3 atom stereocenters. The smallest absolute Gasteiger partial charge is 0.136 e. The van der Waals surface area contributed by atoms with Gasteiger partial charge in [-0.3, -0.25) is 4.79 Å². The highest BCUT2D eigenvalue weighted by Crippen LogP contribution is 2.34. The van der Waals surface area contributed by atoms with Gasteiger partial charge >= 0.3 is 0 Å². The fraction of sp³-hybridized carbons (Fsp3) is 0.667.